The molecular formula is C96H54N6OS. The van der Waals surface area contributed by atoms with E-state index >= 15 is 0 Å². The molecule has 22 aromatic rings. The molecular weight excluding hydrogens is 1290 g/mol. The maximum absolute atomic E-state index is 6.23. The zero-order valence-corrected chi connectivity index (χ0v) is 56.5. The van der Waals surface area contributed by atoms with Gasteiger partial charge in [0, 0.05) is 63.6 Å². The minimum Gasteiger partial charge on any atom is -0.456 e. The van der Waals surface area contributed by atoms with Crippen LogP contribution in [0.4, 0.5) is 0 Å². The average molecular weight is 1340 g/mol. The van der Waals surface area contributed by atoms with E-state index in [1.165, 1.54) is 130 Å². The van der Waals surface area contributed by atoms with Crippen molar-refractivity contribution in [1.29, 1.82) is 0 Å². The molecule has 2 aliphatic carbocycles. The molecule has 0 spiro atoms. The van der Waals surface area contributed by atoms with Crippen molar-refractivity contribution in [2.75, 3.05) is 0 Å². The number of fused-ring (bicyclic) bond motifs is 14. The SMILES string of the molecule is c1ccc(-c2cc3c4c(ccc5c4c4c(cccc4n5-c4nc5ccccc5nc4-c4ccc5oc6ccccc6c5c4)-c4ccccc4-3)c2)cc1.c1ccc(-c2cc3c4c(ccc5c4c4c(cccc4n5-c4nc5ccccc5nc4-c4cccc5c4sc4ccccc45)-c4ccccc4-3)c2)cc1. The van der Waals surface area contributed by atoms with Crippen LogP contribution in [0.3, 0.4) is 0 Å². The molecule has 0 N–H and O–H groups in total. The molecule has 7 nitrogen and oxygen atoms in total. The van der Waals surface area contributed by atoms with Gasteiger partial charge in [0.2, 0.25) is 0 Å². The zero-order valence-electron chi connectivity index (χ0n) is 55.7. The Hall–Kier alpha value is -13.7. The van der Waals surface area contributed by atoms with E-state index in [1.807, 2.05) is 47.7 Å². The van der Waals surface area contributed by atoms with E-state index in [4.69, 9.17) is 24.4 Å². The number of thiophene rings is 1. The van der Waals surface area contributed by atoms with Crippen LogP contribution in [-0.2, 0) is 0 Å². The molecule has 0 radical (unpaired) electrons. The Balaban J connectivity index is 0.000000127. The molecule has 6 aromatic heterocycles. The second-order valence-electron chi connectivity index (χ2n) is 27.4. The fraction of sp³-hybridized carbons (Fsp3) is 0. The lowest BCUT2D eigenvalue weighted by atomic mass is 9.90. The minimum absolute atomic E-state index is 0.804. The van der Waals surface area contributed by atoms with Crippen molar-refractivity contribution < 1.29 is 4.42 Å². The molecule has 0 amide bonds. The number of benzene rings is 16. The lowest BCUT2D eigenvalue weighted by Gasteiger charge is -2.17. The summed E-state index contributed by atoms with van der Waals surface area (Å²) in [5.41, 5.74) is 28.3. The first-order valence-electron chi connectivity index (χ1n) is 35.3. The van der Waals surface area contributed by atoms with Crippen LogP contribution in [0.15, 0.2) is 332 Å². The molecule has 104 heavy (non-hydrogen) atoms. The predicted molar refractivity (Wildman–Crippen MR) is 434 cm³/mol. The predicted octanol–water partition coefficient (Wildman–Crippen LogP) is 26.0. The number of aromatic nitrogens is 6. The van der Waals surface area contributed by atoms with E-state index in [0.29, 0.717) is 0 Å². The van der Waals surface area contributed by atoms with E-state index in [0.717, 1.165) is 100 Å². The van der Waals surface area contributed by atoms with E-state index < -0.39 is 0 Å². The summed E-state index contributed by atoms with van der Waals surface area (Å²) in [6, 6.07) is 118. The van der Waals surface area contributed by atoms with Gasteiger partial charge in [-0.1, -0.05) is 224 Å². The molecule has 0 fully saturated rings. The van der Waals surface area contributed by atoms with Gasteiger partial charge in [0.1, 0.15) is 22.6 Å². The first-order chi connectivity index (χ1) is 51.6. The number of rotatable bonds is 6. The fourth-order valence-electron chi connectivity index (χ4n) is 17.3. The zero-order chi connectivity index (χ0) is 67.8. The Morgan fingerprint density at radius 2 is 0.673 bits per heavy atom. The Morgan fingerprint density at radius 3 is 1.26 bits per heavy atom. The smallest absolute Gasteiger partial charge is 0.165 e. The highest BCUT2D eigenvalue weighted by Gasteiger charge is 2.31. The highest BCUT2D eigenvalue weighted by molar-refractivity contribution is 7.26. The third-order valence-electron chi connectivity index (χ3n) is 21.8. The van der Waals surface area contributed by atoms with Gasteiger partial charge < -0.3 is 4.42 Å². The van der Waals surface area contributed by atoms with E-state index in [2.05, 4.69) is 300 Å². The largest absolute Gasteiger partial charge is 0.456 e. The van der Waals surface area contributed by atoms with Crippen molar-refractivity contribution in [2.45, 2.75) is 0 Å². The van der Waals surface area contributed by atoms with Crippen molar-refractivity contribution in [2.24, 2.45) is 0 Å². The number of nitrogens with zero attached hydrogens (tertiary/aromatic N) is 6. The van der Waals surface area contributed by atoms with E-state index in [1.54, 1.807) is 0 Å². The van der Waals surface area contributed by atoms with Gasteiger partial charge in [0.05, 0.1) is 44.1 Å². The summed E-state index contributed by atoms with van der Waals surface area (Å²) in [6.45, 7) is 0. The van der Waals surface area contributed by atoms with Crippen LogP contribution >= 0.6 is 11.3 Å². The molecule has 6 heterocycles. The Kier molecular flexibility index (Phi) is 12.0. The second-order valence-corrected chi connectivity index (χ2v) is 28.5. The molecule has 8 heteroatoms. The lowest BCUT2D eigenvalue weighted by molar-refractivity contribution is 0.669. The van der Waals surface area contributed by atoms with Crippen LogP contribution in [0.5, 0.6) is 0 Å². The summed E-state index contributed by atoms with van der Waals surface area (Å²) >= 11 is 1.83. The number of hydrogen-bond donors (Lipinski definition) is 0. The molecule has 24 rings (SSSR count). The van der Waals surface area contributed by atoms with Gasteiger partial charge in [-0.05, 0) is 191 Å². The monoisotopic (exact) mass is 1340 g/mol. The summed E-state index contributed by atoms with van der Waals surface area (Å²) in [5, 5.41) is 14.7. The molecule has 0 unspecified atom stereocenters. The topological polar surface area (TPSA) is 74.6 Å². The highest BCUT2D eigenvalue weighted by Crippen LogP contribution is 2.54. The third-order valence-corrected chi connectivity index (χ3v) is 23.0. The van der Waals surface area contributed by atoms with Crippen molar-refractivity contribution in [3.05, 3.63) is 328 Å². The van der Waals surface area contributed by atoms with Crippen LogP contribution in [0.1, 0.15) is 0 Å². The molecule has 0 saturated carbocycles. The second kappa shape index (κ2) is 21.9. The Labute approximate surface area is 598 Å². The van der Waals surface area contributed by atoms with Crippen LogP contribution in [0, 0.1) is 0 Å². The molecule has 0 bridgehead atoms. The summed E-state index contributed by atoms with van der Waals surface area (Å²) in [5.74, 6) is 1.65. The number of furan rings is 1. The van der Waals surface area contributed by atoms with Gasteiger partial charge in [-0.3, -0.25) is 9.13 Å². The van der Waals surface area contributed by atoms with Crippen LogP contribution < -0.4 is 0 Å². The van der Waals surface area contributed by atoms with Crippen molar-refractivity contribution in [1.82, 2.24) is 29.1 Å². The van der Waals surface area contributed by atoms with Crippen LogP contribution in [0.2, 0.25) is 0 Å². The summed E-state index contributed by atoms with van der Waals surface area (Å²) in [6.07, 6.45) is 0. The molecule has 16 aromatic carbocycles. The number of hydrogen-bond acceptors (Lipinski definition) is 6. The van der Waals surface area contributed by atoms with Gasteiger partial charge in [0.25, 0.3) is 0 Å². The van der Waals surface area contributed by atoms with Crippen LogP contribution in [0.25, 0.3) is 230 Å². The van der Waals surface area contributed by atoms with E-state index in [-0.39, 0.29) is 0 Å². The summed E-state index contributed by atoms with van der Waals surface area (Å²) in [4.78, 5) is 21.8. The normalized spacial score (nSPS) is 12.2. The van der Waals surface area contributed by atoms with Crippen molar-refractivity contribution >= 4 is 141 Å². The van der Waals surface area contributed by atoms with Gasteiger partial charge in [0.15, 0.2) is 11.6 Å². The first kappa shape index (κ1) is 57.1. The first-order valence-corrected chi connectivity index (χ1v) is 36.1. The molecule has 480 valence electrons. The summed E-state index contributed by atoms with van der Waals surface area (Å²) in [7, 11) is 0. The maximum Gasteiger partial charge on any atom is 0.165 e. The molecule has 2 aliphatic rings. The van der Waals surface area contributed by atoms with Gasteiger partial charge in [-0.15, -0.1) is 11.3 Å². The average Bonchev–Trinajstić information content (AvgIpc) is 1.54. The lowest BCUT2D eigenvalue weighted by Crippen LogP contribution is -2.04. The van der Waals surface area contributed by atoms with E-state index in [9.17, 15) is 0 Å². The van der Waals surface area contributed by atoms with Gasteiger partial charge >= 0.3 is 0 Å². The molecule has 0 aliphatic heterocycles. The highest BCUT2D eigenvalue weighted by atomic mass is 32.1. The van der Waals surface area contributed by atoms with Crippen molar-refractivity contribution in [3.8, 4) is 101 Å². The standard InChI is InChI=1S/C48H27N3O.C48H27N3S/c1-2-11-28(12-3-1)31-25-29-21-23-41-46-44(29)37(27-31)33-14-5-4-13-32(33)35-16-10-19-40(45(35)46)51(41)48-47(49-38-17-7-8-18-39(38)50-48)30-22-24-43-36(26-30)34-15-6-9-20-42(34)52-43;1-2-12-28(13-3-1)30-26-29-24-25-41-45-43(29)37(27-30)32-15-5-4-14-31(32)34-17-11-22-40(44(34)45)51(41)48-46(49-38-20-7-8-21-39(38)50-48)36-19-10-18-35-33-16-6-9-23-42(33)52-47(35)36/h2*1-27H. The summed E-state index contributed by atoms with van der Waals surface area (Å²) < 4.78 is 13.5. The van der Waals surface area contributed by atoms with Gasteiger partial charge in [-0.25, -0.2) is 19.9 Å². The Bertz CT molecular complexity index is 7480. The third kappa shape index (κ3) is 8.28. The van der Waals surface area contributed by atoms with Gasteiger partial charge in [-0.2, -0.15) is 0 Å². The quantitative estimate of drug-likeness (QED) is 0.166. The Morgan fingerprint density at radius 1 is 0.240 bits per heavy atom. The molecule has 0 atom stereocenters. The minimum atomic E-state index is 0.804. The molecule has 0 saturated heterocycles. The van der Waals surface area contributed by atoms with Crippen molar-refractivity contribution in [3.63, 3.8) is 0 Å². The fourth-order valence-corrected chi connectivity index (χ4v) is 18.5. The van der Waals surface area contributed by atoms with Crippen LogP contribution in [-0.4, -0.2) is 29.1 Å². The maximum atomic E-state index is 6.23. The number of para-hydroxylation sites is 5.